The quantitative estimate of drug-likeness (QED) is 0.298. The van der Waals surface area contributed by atoms with Crippen LogP contribution < -0.4 is 4.90 Å². The minimum Gasteiger partial charge on any atom is -0.381 e. The minimum atomic E-state index is -1.13. The van der Waals surface area contributed by atoms with Gasteiger partial charge in [0.1, 0.15) is 5.67 Å². The standard InChI is InChI=1S/C33H38FN5O4/c34-33-17-32(18-33,19-33)29(40)39(24-3-1-2-23(16-24)27-35-25(37-42-27)21-4-5-21)20-30-8-11-31(12-9-30,13-10-30)28-36-26(38-43-28)22-6-14-41-15-7-22/h1-3,16,21-22H,4-15,17-20H2. The summed E-state index contributed by atoms with van der Waals surface area (Å²) in [4.78, 5) is 25.8. The molecule has 1 aromatic carbocycles. The van der Waals surface area contributed by atoms with E-state index in [0.717, 1.165) is 106 Å². The number of rotatable bonds is 8. The Morgan fingerprint density at radius 2 is 1.56 bits per heavy atom. The van der Waals surface area contributed by atoms with E-state index >= 15 is 0 Å². The molecule has 0 N–H and O–H groups in total. The van der Waals surface area contributed by atoms with Crippen molar-refractivity contribution in [1.82, 2.24) is 20.3 Å². The predicted molar refractivity (Wildman–Crippen MR) is 153 cm³/mol. The van der Waals surface area contributed by atoms with Crippen molar-refractivity contribution < 1.29 is 23.0 Å². The number of hydrogen-bond acceptors (Lipinski definition) is 8. The summed E-state index contributed by atoms with van der Waals surface area (Å²) < 4.78 is 31.7. The van der Waals surface area contributed by atoms with Crippen molar-refractivity contribution in [2.75, 3.05) is 24.7 Å². The zero-order chi connectivity index (χ0) is 28.9. The van der Waals surface area contributed by atoms with E-state index in [-0.39, 0.29) is 16.7 Å². The van der Waals surface area contributed by atoms with Crippen LogP contribution in [0.1, 0.15) is 113 Å². The molecular weight excluding hydrogens is 549 g/mol. The van der Waals surface area contributed by atoms with Crippen LogP contribution in [0.25, 0.3) is 11.5 Å². The highest BCUT2D eigenvalue weighted by Crippen LogP contribution is 2.70. The molecule has 7 saturated carbocycles. The second-order valence-electron chi connectivity index (χ2n) is 14.8. The summed E-state index contributed by atoms with van der Waals surface area (Å²) in [6, 6.07) is 7.92. The van der Waals surface area contributed by atoms with Crippen molar-refractivity contribution >= 4 is 11.6 Å². The Kier molecular flexibility index (Phi) is 5.62. The number of carbonyl (C=O) groups excluding carboxylic acids is 1. The van der Waals surface area contributed by atoms with E-state index < -0.39 is 11.1 Å². The summed E-state index contributed by atoms with van der Waals surface area (Å²) in [5.74, 6) is 3.68. The van der Waals surface area contributed by atoms with Gasteiger partial charge in [0.15, 0.2) is 11.6 Å². The Morgan fingerprint density at radius 3 is 2.26 bits per heavy atom. The molecule has 3 aromatic rings. The van der Waals surface area contributed by atoms with Crippen LogP contribution >= 0.6 is 0 Å². The smallest absolute Gasteiger partial charge is 0.258 e. The number of amides is 1. The van der Waals surface area contributed by atoms with Crippen LogP contribution in [-0.4, -0.2) is 51.6 Å². The van der Waals surface area contributed by atoms with E-state index in [0.29, 0.717) is 43.5 Å². The van der Waals surface area contributed by atoms with Crippen LogP contribution in [0, 0.1) is 10.8 Å². The summed E-state index contributed by atoms with van der Waals surface area (Å²) in [5, 5.41) is 8.60. The number of benzene rings is 1. The fourth-order valence-corrected chi connectivity index (χ4v) is 8.85. The van der Waals surface area contributed by atoms with Crippen LogP contribution in [0.15, 0.2) is 33.3 Å². The number of nitrogens with zero attached hydrogens (tertiary/aromatic N) is 5. The number of alkyl halides is 1. The lowest BCUT2D eigenvalue weighted by atomic mass is 9.41. The normalized spacial score (nSPS) is 34.9. The van der Waals surface area contributed by atoms with Gasteiger partial charge >= 0.3 is 0 Å². The average Bonchev–Trinajstić information content (AvgIpc) is 3.52. The molecular formula is C33H38FN5O4. The van der Waals surface area contributed by atoms with E-state index in [1.54, 1.807) is 0 Å². The van der Waals surface area contributed by atoms with Crippen molar-refractivity contribution in [1.29, 1.82) is 0 Å². The molecule has 0 radical (unpaired) electrons. The molecule has 8 fully saturated rings. The lowest BCUT2D eigenvalue weighted by Crippen LogP contribution is -2.71. The van der Waals surface area contributed by atoms with Gasteiger partial charge in [-0.3, -0.25) is 4.79 Å². The first-order valence-electron chi connectivity index (χ1n) is 16.2. The molecule has 9 nitrogen and oxygen atoms in total. The average molecular weight is 588 g/mol. The third-order valence-corrected chi connectivity index (χ3v) is 11.8. The molecule has 0 atom stereocenters. The van der Waals surface area contributed by atoms with Crippen molar-refractivity contribution in [2.45, 2.75) is 106 Å². The molecule has 1 aliphatic heterocycles. The number of anilines is 1. The van der Waals surface area contributed by atoms with E-state index in [1.165, 1.54) is 0 Å². The molecule has 226 valence electrons. The van der Waals surface area contributed by atoms with Gasteiger partial charge in [0.25, 0.3) is 5.89 Å². The third kappa shape index (κ3) is 4.22. The van der Waals surface area contributed by atoms with Crippen molar-refractivity contribution in [3.63, 3.8) is 0 Å². The number of carbonyl (C=O) groups is 1. The largest absolute Gasteiger partial charge is 0.381 e. The summed E-state index contributed by atoms with van der Waals surface area (Å²) in [7, 11) is 0. The van der Waals surface area contributed by atoms with Gasteiger partial charge in [-0.05, 0) is 107 Å². The van der Waals surface area contributed by atoms with Crippen LogP contribution in [0.4, 0.5) is 10.1 Å². The molecule has 43 heavy (non-hydrogen) atoms. The van der Waals surface area contributed by atoms with Gasteiger partial charge in [-0.25, -0.2) is 4.39 Å². The Morgan fingerprint density at radius 1 is 0.884 bits per heavy atom. The van der Waals surface area contributed by atoms with Gasteiger partial charge in [0, 0.05) is 48.3 Å². The monoisotopic (exact) mass is 587 g/mol. The Bertz CT molecular complexity index is 1530. The number of ether oxygens (including phenoxy) is 1. The lowest BCUT2D eigenvalue weighted by molar-refractivity contribution is -0.211. The lowest BCUT2D eigenvalue weighted by Gasteiger charge is -2.65. The molecule has 3 heterocycles. The Balaban J connectivity index is 0.968. The molecule has 0 spiro atoms. The van der Waals surface area contributed by atoms with Crippen LogP contribution in [-0.2, 0) is 14.9 Å². The van der Waals surface area contributed by atoms with Crippen LogP contribution in [0.5, 0.6) is 0 Å². The highest BCUT2D eigenvalue weighted by Gasteiger charge is 2.73. The molecule has 1 saturated heterocycles. The number of hydrogen-bond donors (Lipinski definition) is 0. The van der Waals surface area contributed by atoms with E-state index in [1.807, 2.05) is 29.2 Å². The van der Waals surface area contributed by atoms with Crippen LogP contribution in [0.3, 0.4) is 0 Å². The summed E-state index contributed by atoms with van der Waals surface area (Å²) in [5.41, 5.74) is -0.0952. The summed E-state index contributed by atoms with van der Waals surface area (Å²) in [6.45, 7) is 2.15. The molecule has 0 unspecified atom stereocenters. The Hall–Kier alpha value is -3.14. The van der Waals surface area contributed by atoms with Crippen molar-refractivity contribution in [3.8, 4) is 11.5 Å². The first kappa shape index (κ1) is 26.3. The third-order valence-electron chi connectivity index (χ3n) is 11.8. The SMILES string of the molecule is O=C(N(CC12CCC(c3nc(C4CCOCC4)no3)(CC1)CC2)c1cccc(-c2nc(C3CC3)no2)c1)C12CC(F)(C1)C2. The van der Waals surface area contributed by atoms with Gasteiger partial charge < -0.3 is 18.7 Å². The topological polar surface area (TPSA) is 107 Å². The predicted octanol–water partition coefficient (Wildman–Crippen LogP) is 6.41. The van der Waals surface area contributed by atoms with Gasteiger partial charge in [0.2, 0.25) is 11.8 Å². The number of halogens is 1. The highest BCUT2D eigenvalue weighted by molar-refractivity contribution is 6.00. The first-order chi connectivity index (χ1) is 20.9. The molecule has 8 aliphatic rings. The van der Waals surface area contributed by atoms with Gasteiger partial charge in [-0.2, -0.15) is 9.97 Å². The molecule has 11 rings (SSSR count). The maximum Gasteiger partial charge on any atom is 0.258 e. The summed E-state index contributed by atoms with van der Waals surface area (Å²) >= 11 is 0. The fourth-order valence-electron chi connectivity index (χ4n) is 8.85. The molecule has 1 amide bonds. The molecule has 2 aromatic heterocycles. The maximum absolute atomic E-state index is 14.6. The second kappa shape index (κ2) is 9.19. The number of aromatic nitrogens is 4. The zero-order valence-electron chi connectivity index (χ0n) is 24.5. The Labute approximate surface area is 249 Å². The molecule has 10 heteroatoms. The molecule has 7 aliphatic carbocycles. The van der Waals surface area contributed by atoms with Crippen LogP contribution in [0.2, 0.25) is 0 Å². The molecule has 4 bridgehead atoms. The van der Waals surface area contributed by atoms with Gasteiger partial charge in [-0.1, -0.05) is 16.4 Å². The zero-order valence-corrected chi connectivity index (χ0v) is 24.5. The van der Waals surface area contributed by atoms with Gasteiger partial charge in [0.05, 0.1) is 5.41 Å². The van der Waals surface area contributed by atoms with Gasteiger partial charge in [-0.15, -0.1) is 0 Å². The second-order valence-corrected chi connectivity index (χ2v) is 14.8. The maximum atomic E-state index is 14.6. The minimum absolute atomic E-state index is 0.0115. The highest BCUT2D eigenvalue weighted by atomic mass is 19.1. The number of fused-ring (bicyclic) bond motifs is 3. The van der Waals surface area contributed by atoms with Crippen molar-refractivity contribution in [2.24, 2.45) is 10.8 Å². The van der Waals surface area contributed by atoms with Crippen molar-refractivity contribution in [3.05, 3.63) is 41.8 Å². The van der Waals surface area contributed by atoms with E-state index in [4.69, 9.17) is 18.8 Å². The van der Waals surface area contributed by atoms with E-state index in [9.17, 15) is 9.18 Å². The summed E-state index contributed by atoms with van der Waals surface area (Å²) in [6.07, 6.45) is 11.1. The van der Waals surface area contributed by atoms with E-state index in [2.05, 4.69) is 15.3 Å². The fraction of sp³-hybridized carbons (Fsp3) is 0.667. The first-order valence-corrected chi connectivity index (χ1v) is 16.2.